The van der Waals surface area contributed by atoms with Crippen molar-refractivity contribution in [1.29, 1.82) is 0 Å². The van der Waals surface area contributed by atoms with Gasteiger partial charge in [-0.3, -0.25) is 4.79 Å². The van der Waals surface area contributed by atoms with E-state index in [0.29, 0.717) is 38.8 Å². The third-order valence-corrected chi connectivity index (χ3v) is 5.60. The first-order valence-corrected chi connectivity index (χ1v) is 10.8. The molecule has 0 radical (unpaired) electrons. The average Bonchev–Trinajstić information content (AvgIpc) is 3.29. The molecule has 5 rings (SSSR count). The minimum Gasteiger partial charge on any atom is -0.507 e. The second kappa shape index (κ2) is 8.84. The van der Waals surface area contributed by atoms with Gasteiger partial charge in [0, 0.05) is 16.1 Å². The highest BCUT2D eigenvalue weighted by Gasteiger charge is 2.23. The highest BCUT2D eigenvalue weighted by Crippen LogP contribution is 2.35. The fourth-order valence-electron chi connectivity index (χ4n) is 3.71. The number of halogens is 1. The number of rotatable bonds is 5. The monoisotopic (exact) mass is 467 g/mol. The zero-order valence-corrected chi connectivity index (χ0v) is 18.5. The van der Waals surface area contributed by atoms with Crippen LogP contribution in [-0.2, 0) is 0 Å². The molecule has 0 atom stereocenters. The number of nitrogens with zero attached hydrogens (tertiary/aromatic N) is 3. The summed E-state index contributed by atoms with van der Waals surface area (Å²) >= 11 is 6.33. The predicted octanol–water partition coefficient (Wildman–Crippen LogP) is 5.90. The highest BCUT2D eigenvalue weighted by atomic mass is 35.5. The van der Waals surface area contributed by atoms with Gasteiger partial charge >= 0.3 is 0 Å². The second-order valence-corrected chi connectivity index (χ2v) is 8.00. The minimum atomic E-state index is -0.213. The molecule has 34 heavy (non-hydrogen) atoms. The van der Waals surface area contributed by atoms with Crippen molar-refractivity contribution in [2.45, 2.75) is 0 Å². The Kier molecular flexibility index (Phi) is 5.57. The maximum absolute atomic E-state index is 13.4. The number of aromatic hydroxyl groups is 2. The second-order valence-electron chi connectivity index (χ2n) is 7.56. The van der Waals surface area contributed by atoms with E-state index in [1.807, 2.05) is 6.07 Å². The molecule has 0 unspecified atom stereocenters. The van der Waals surface area contributed by atoms with Gasteiger partial charge < -0.3 is 10.2 Å². The van der Waals surface area contributed by atoms with E-state index in [-0.39, 0.29) is 23.1 Å². The van der Waals surface area contributed by atoms with Crippen LogP contribution in [0.5, 0.6) is 11.5 Å². The van der Waals surface area contributed by atoms with E-state index in [4.69, 9.17) is 11.6 Å². The molecule has 1 aromatic heterocycles. The Balaban J connectivity index is 1.78. The Labute approximate surface area is 200 Å². The van der Waals surface area contributed by atoms with Crippen molar-refractivity contribution in [3.8, 4) is 40.0 Å². The van der Waals surface area contributed by atoms with E-state index < -0.39 is 0 Å². The van der Waals surface area contributed by atoms with E-state index in [2.05, 4.69) is 10.1 Å². The summed E-state index contributed by atoms with van der Waals surface area (Å²) in [7, 11) is 0. The third-order valence-electron chi connectivity index (χ3n) is 5.37. The minimum absolute atomic E-state index is 0.00190. The van der Waals surface area contributed by atoms with Crippen molar-refractivity contribution < 1.29 is 15.0 Å². The van der Waals surface area contributed by atoms with Crippen molar-refractivity contribution in [2.24, 2.45) is 0 Å². The molecular formula is C27H18ClN3O3. The van der Waals surface area contributed by atoms with Gasteiger partial charge in [0.2, 0.25) is 0 Å². The van der Waals surface area contributed by atoms with E-state index in [1.165, 1.54) is 4.68 Å². The fourth-order valence-corrected chi connectivity index (χ4v) is 3.88. The van der Waals surface area contributed by atoms with Crippen LogP contribution >= 0.6 is 11.6 Å². The number of ketones is 1. The van der Waals surface area contributed by atoms with Crippen LogP contribution in [-0.4, -0.2) is 30.8 Å². The van der Waals surface area contributed by atoms with Gasteiger partial charge in [0.15, 0.2) is 17.4 Å². The van der Waals surface area contributed by atoms with E-state index >= 15 is 0 Å². The van der Waals surface area contributed by atoms with Crippen molar-refractivity contribution >= 4 is 17.4 Å². The molecule has 0 bridgehead atoms. The quantitative estimate of drug-likeness (QED) is 0.314. The average molecular weight is 468 g/mol. The standard InChI is InChI=1S/C27H18ClN3O3/c28-18-14-15-19(25(34)17-8-2-1-3-9-17)22(16-18)31-27(21-11-5-7-13-24(21)33)29-26(30-31)20-10-4-6-12-23(20)32/h1-16,32-33H. The first-order chi connectivity index (χ1) is 16.5. The van der Waals surface area contributed by atoms with Crippen LogP contribution in [0.2, 0.25) is 5.02 Å². The lowest BCUT2D eigenvalue weighted by atomic mass is 10.0. The summed E-state index contributed by atoms with van der Waals surface area (Å²) in [5.74, 6) is 0.318. The van der Waals surface area contributed by atoms with Crippen molar-refractivity contribution in [3.63, 3.8) is 0 Å². The Morgan fingerprint density at radius 2 is 1.38 bits per heavy atom. The molecule has 0 saturated heterocycles. The Bertz CT molecular complexity index is 1510. The molecule has 4 aromatic carbocycles. The number of carbonyl (C=O) groups excluding carboxylic acids is 1. The van der Waals surface area contributed by atoms with Crippen molar-refractivity contribution in [3.05, 3.63) is 113 Å². The summed E-state index contributed by atoms with van der Waals surface area (Å²) in [4.78, 5) is 18.0. The van der Waals surface area contributed by atoms with Gasteiger partial charge in [-0.2, -0.15) is 0 Å². The Hall–Kier alpha value is -4.42. The normalized spacial score (nSPS) is 10.9. The van der Waals surface area contributed by atoms with E-state index in [1.54, 1.807) is 91.0 Å². The van der Waals surface area contributed by atoms with Crippen LogP contribution in [0.4, 0.5) is 0 Å². The lowest BCUT2D eigenvalue weighted by Crippen LogP contribution is -2.10. The van der Waals surface area contributed by atoms with Gasteiger partial charge in [0.05, 0.1) is 16.8 Å². The molecule has 1 heterocycles. The van der Waals surface area contributed by atoms with Crippen LogP contribution < -0.4 is 0 Å². The molecule has 5 aromatic rings. The third kappa shape index (κ3) is 3.91. The smallest absolute Gasteiger partial charge is 0.195 e. The van der Waals surface area contributed by atoms with Gasteiger partial charge in [0.25, 0.3) is 0 Å². The molecule has 0 saturated carbocycles. The van der Waals surface area contributed by atoms with Gasteiger partial charge in [0.1, 0.15) is 11.5 Å². The number of carbonyl (C=O) groups is 1. The summed E-state index contributed by atoms with van der Waals surface area (Å²) in [6.07, 6.45) is 0. The number of hydrogen-bond acceptors (Lipinski definition) is 5. The number of hydrogen-bond donors (Lipinski definition) is 2. The van der Waals surface area contributed by atoms with Gasteiger partial charge in [-0.05, 0) is 42.5 Å². The number of aromatic nitrogens is 3. The van der Waals surface area contributed by atoms with Crippen LogP contribution in [0.25, 0.3) is 28.5 Å². The lowest BCUT2D eigenvalue weighted by molar-refractivity contribution is 0.103. The summed E-state index contributed by atoms with van der Waals surface area (Å²) in [5, 5.41) is 26.0. The van der Waals surface area contributed by atoms with Gasteiger partial charge in [-0.1, -0.05) is 66.2 Å². The zero-order chi connectivity index (χ0) is 23.7. The van der Waals surface area contributed by atoms with Crippen LogP contribution in [0.1, 0.15) is 15.9 Å². The summed E-state index contributed by atoms with van der Waals surface area (Å²) in [6, 6.07) is 27.2. The maximum Gasteiger partial charge on any atom is 0.195 e. The number of benzene rings is 4. The molecule has 0 aliphatic heterocycles. The van der Waals surface area contributed by atoms with Crippen LogP contribution in [0, 0.1) is 0 Å². The van der Waals surface area contributed by atoms with Gasteiger partial charge in [-0.25, -0.2) is 9.67 Å². The molecule has 7 heteroatoms. The molecular weight excluding hydrogens is 450 g/mol. The van der Waals surface area contributed by atoms with E-state index in [9.17, 15) is 15.0 Å². The van der Waals surface area contributed by atoms with Crippen molar-refractivity contribution in [2.75, 3.05) is 0 Å². The molecule has 2 N–H and O–H groups in total. The van der Waals surface area contributed by atoms with Crippen molar-refractivity contribution in [1.82, 2.24) is 14.8 Å². The molecule has 166 valence electrons. The fraction of sp³-hybridized carbons (Fsp3) is 0. The number of phenolic OH excluding ortho intramolecular Hbond substituents is 2. The number of para-hydroxylation sites is 2. The SMILES string of the molecule is O=C(c1ccccc1)c1ccc(Cl)cc1-n1nc(-c2ccccc2O)nc1-c1ccccc1O. The molecule has 0 amide bonds. The number of phenols is 2. The summed E-state index contributed by atoms with van der Waals surface area (Å²) in [6.45, 7) is 0. The summed E-state index contributed by atoms with van der Waals surface area (Å²) in [5.41, 5.74) is 2.09. The predicted molar refractivity (Wildman–Crippen MR) is 130 cm³/mol. The highest BCUT2D eigenvalue weighted by molar-refractivity contribution is 6.31. The van der Waals surface area contributed by atoms with E-state index in [0.717, 1.165) is 0 Å². The lowest BCUT2D eigenvalue weighted by Gasteiger charge is -2.12. The van der Waals surface area contributed by atoms with Crippen LogP contribution in [0.15, 0.2) is 97.1 Å². The molecule has 0 fully saturated rings. The first-order valence-electron chi connectivity index (χ1n) is 10.5. The Morgan fingerprint density at radius 3 is 2.06 bits per heavy atom. The summed E-state index contributed by atoms with van der Waals surface area (Å²) < 4.78 is 1.47. The van der Waals surface area contributed by atoms with Gasteiger partial charge in [-0.15, -0.1) is 5.10 Å². The topological polar surface area (TPSA) is 88.2 Å². The molecule has 0 spiro atoms. The van der Waals surface area contributed by atoms with Crippen LogP contribution in [0.3, 0.4) is 0 Å². The molecule has 0 aliphatic rings. The Morgan fingerprint density at radius 1 is 0.765 bits per heavy atom. The zero-order valence-electron chi connectivity index (χ0n) is 17.8. The maximum atomic E-state index is 13.4. The largest absolute Gasteiger partial charge is 0.507 e. The molecule has 0 aliphatic carbocycles. The first kappa shape index (κ1) is 21.4. The molecule has 6 nitrogen and oxygen atoms in total.